The van der Waals surface area contributed by atoms with Crippen LogP contribution in [0.15, 0.2) is 0 Å². The Labute approximate surface area is 417 Å². The van der Waals surface area contributed by atoms with Crippen LogP contribution < -0.4 is 58.7 Å². The SMILES string of the molecule is O=P(O)(O)OP(=O)(O)O.O=P(O)(O)OP(=O)(O)O.O=P(O)(O)OP(=O)(O)O.O=P(O)(O)OP(=O)(O)O.O=P([O-])([O-])[O-].O=P([O-])([O-])[O-].O=P([O-])([O-])[O-].O=P([O-])([O-])[O-].[Th+4].[Th+4].[Th+4]. The maximum Gasteiger partial charge on any atom is 4.00 e. The molecule has 0 aliphatic heterocycles. The number of hydrogen-bond acceptors (Lipinski definition) is 28. The van der Waals surface area contributed by atoms with Crippen molar-refractivity contribution < 1.29 is 329 Å². The molecule has 16 N–H and O–H groups in total. The second-order valence-corrected chi connectivity index (χ2v) is 20.1. The first-order valence-electron chi connectivity index (χ1n) is 9.04. The van der Waals surface area contributed by atoms with Gasteiger partial charge in [0.1, 0.15) is 0 Å². The van der Waals surface area contributed by atoms with Gasteiger partial charge in [0.25, 0.3) is 0 Å². The van der Waals surface area contributed by atoms with Gasteiger partial charge in [-0.1, -0.05) is 0 Å². The van der Waals surface area contributed by atoms with Crippen molar-refractivity contribution in [1.29, 1.82) is 0 Å². The van der Waals surface area contributed by atoms with Crippen LogP contribution in [0.1, 0.15) is 0 Å². The molecule has 44 nitrogen and oxygen atoms in total. The summed E-state index contributed by atoms with van der Waals surface area (Å²) >= 11 is 0. The van der Waals surface area contributed by atoms with Crippen molar-refractivity contribution in [2.45, 2.75) is 0 Å². The van der Waals surface area contributed by atoms with Crippen molar-refractivity contribution in [1.82, 2.24) is 0 Å². The molecular formula is H16O44P12Th3. The molecule has 59 heteroatoms. The number of hydrogen-bond donors (Lipinski definition) is 16. The van der Waals surface area contributed by atoms with Crippen molar-refractivity contribution in [2.75, 3.05) is 0 Å². The van der Waals surface area contributed by atoms with E-state index in [9.17, 15) is 36.5 Å². The molecule has 0 atom stereocenters. The van der Waals surface area contributed by atoms with E-state index in [1.807, 2.05) is 0 Å². The van der Waals surface area contributed by atoms with Crippen molar-refractivity contribution in [2.24, 2.45) is 0 Å². The van der Waals surface area contributed by atoms with Gasteiger partial charge < -0.3 is 155 Å². The second kappa shape index (κ2) is 37.3. The third-order valence-corrected chi connectivity index (χ3v) is 7.66. The molecule has 0 radical (unpaired) electrons. The zero-order chi connectivity index (χ0) is 48.8. The van der Waals surface area contributed by atoms with Gasteiger partial charge in [0.05, 0.1) is 0 Å². The molecule has 0 heterocycles. The summed E-state index contributed by atoms with van der Waals surface area (Å²) in [4.78, 5) is 227. The first kappa shape index (κ1) is 90.8. The van der Waals surface area contributed by atoms with Gasteiger partial charge in [0, 0.05) is 0 Å². The van der Waals surface area contributed by atoms with Crippen molar-refractivity contribution >= 4 is 93.9 Å². The smallest absolute Gasteiger partial charge is 0.822 e. The van der Waals surface area contributed by atoms with Crippen LogP contribution in [-0.2, 0) is 72.0 Å². The zero-order valence-corrected chi connectivity index (χ0v) is 48.5. The summed E-state index contributed by atoms with van der Waals surface area (Å²) in [6.45, 7) is 0. The molecule has 59 heavy (non-hydrogen) atoms. The van der Waals surface area contributed by atoms with E-state index in [4.69, 9.17) is 155 Å². The van der Waals surface area contributed by atoms with E-state index in [2.05, 4.69) is 17.2 Å². The fraction of sp³-hybridized carbons (Fsp3) is 0. The fourth-order valence-corrected chi connectivity index (χ4v) is 4.99. The molecule has 0 spiro atoms. The molecule has 0 aromatic carbocycles. The maximum atomic E-state index is 9.63. The van der Waals surface area contributed by atoms with E-state index >= 15 is 0 Å². The Balaban J connectivity index is -0.0000000499. The summed E-state index contributed by atoms with van der Waals surface area (Å²) in [5.74, 6) is 0. The van der Waals surface area contributed by atoms with Crippen LogP contribution in [0.2, 0.25) is 0 Å². The van der Waals surface area contributed by atoms with E-state index in [0.29, 0.717) is 0 Å². The van der Waals surface area contributed by atoms with Gasteiger partial charge in [-0.25, -0.2) is 36.5 Å². The molecule has 0 aromatic rings. The monoisotopic (exact) mass is 1790 g/mol. The van der Waals surface area contributed by atoms with Crippen molar-refractivity contribution in [3.05, 3.63) is 0 Å². The van der Waals surface area contributed by atoms with Gasteiger partial charge in [-0.2, -0.15) is 48.5 Å². The van der Waals surface area contributed by atoms with Gasteiger partial charge in [0.15, 0.2) is 0 Å². The minimum absolute atomic E-state index is 0. The third-order valence-electron chi connectivity index (χ3n) is 0.851. The molecule has 0 rings (SSSR count). The third kappa shape index (κ3) is 276. The zero-order valence-electron chi connectivity index (χ0n) is 25.5. The van der Waals surface area contributed by atoms with Crippen LogP contribution >= 0.6 is 93.9 Å². The normalized spacial score (nSPS) is 12.4. The van der Waals surface area contributed by atoms with Gasteiger partial charge in [0.2, 0.25) is 0 Å². The minimum Gasteiger partial charge on any atom is -0.822 e. The molecular weight excluding hydrogens is 1770 g/mol. The largest absolute Gasteiger partial charge is 4.00 e. The van der Waals surface area contributed by atoms with Gasteiger partial charge in [-0.05, 0) is 0 Å². The minimum atomic E-state index is -5.39. The van der Waals surface area contributed by atoms with Crippen molar-refractivity contribution in [3.8, 4) is 0 Å². The Morgan fingerprint density at radius 3 is 0.237 bits per heavy atom. The van der Waals surface area contributed by atoms with Crippen LogP contribution in [0.5, 0.6) is 0 Å². The fourth-order valence-electron chi connectivity index (χ4n) is 0.554. The van der Waals surface area contributed by atoms with E-state index in [-0.39, 0.29) is 120 Å². The Morgan fingerprint density at radius 2 is 0.237 bits per heavy atom. The molecule has 0 aromatic heterocycles. The number of rotatable bonds is 8. The summed E-state index contributed by atoms with van der Waals surface area (Å²) in [5.41, 5.74) is 0. The molecule has 0 aliphatic carbocycles. The molecule has 0 fully saturated rings. The molecule has 0 unspecified atom stereocenters. The molecule has 0 amide bonds. The Kier molecular flexibility index (Phi) is 57.4. The van der Waals surface area contributed by atoms with E-state index < -0.39 is 93.9 Å². The van der Waals surface area contributed by atoms with Crippen LogP contribution in [-0.4, -0.2) is 78.3 Å². The van der Waals surface area contributed by atoms with E-state index in [1.54, 1.807) is 0 Å². The van der Waals surface area contributed by atoms with Crippen LogP contribution in [0.4, 0.5) is 0 Å². The molecule has 0 aliphatic rings. The van der Waals surface area contributed by atoms with Gasteiger partial charge in [-0.15, -0.1) is 0 Å². The molecule has 0 saturated heterocycles. The number of phosphoric acid groups is 12. The summed E-state index contributed by atoms with van der Waals surface area (Å²) in [6.07, 6.45) is 0. The maximum absolute atomic E-state index is 9.63. The van der Waals surface area contributed by atoms with Gasteiger partial charge >= 0.3 is 182 Å². The topological polar surface area (TPSA) is 842 Å². The average Bonchev–Trinajstić information content (AvgIpc) is 2.49. The first-order valence-corrected chi connectivity index (χ1v) is 27.1. The van der Waals surface area contributed by atoms with Crippen LogP contribution in [0.3, 0.4) is 0 Å². The summed E-state index contributed by atoms with van der Waals surface area (Å²) < 4.78 is 123. The molecule has 0 saturated carbocycles. The Hall–Kier alpha value is 5.45. The summed E-state index contributed by atoms with van der Waals surface area (Å²) in [7, 11) is -62.0. The molecule has 352 valence electrons. The van der Waals surface area contributed by atoms with Crippen molar-refractivity contribution in [3.63, 3.8) is 0 Å². The van der Waals surface area contributed by atoms with Gasteiger partial charge in [-0.3, -0.25) is 0 Å². The molecule has 0 bridgehead atoms. The Morgan fingerprint density at radius 1 is 0.203 bits per heavy atom. The first-order chi connectivity index (χ1) is 22.8. The second-order valence-electron chi connectivity index (χ2n) is 6.04. The van der Waals surface area contributed by atoms with E-state index in [0.717, 1.165) is 0 Å². The van der Waals surface area contributed by atoms with E-state index in [1.165, 1.54) is 0 Å². The standard InChI is InChI=1S/4H4O7P2.4H3O4P.3Th/c4*1-8(2,3)7-9(4,5)6;4*1-5(2,3)4;;;/h4*(H2,1,2,3)(H2,4,5,6);4*(H3,1,2,3,4);;;/q;;;;;;;;3*+4/p-12. The summed E-state index contributed by atoms with van der Waals surface area (Å²) in [5, 5.41) is 0. The van der Waals surface area contributed by atoms with Crippen LogP contribution in [0.25, 0.3) is 0 Å². The predicted octanol–water partition coefficient (Wildman–Crippen LogP) is -14.5. The summed E-state index contributed by atoms with van der Waals surface area (Å²) in [6, 6.07) is 0. The quantitative estimate of drug-likeness (QED) is 0.100. The van der Waals surface area contributed by atoms with Crippen LogP contribution in [0, 0.1) is 120 Å². The predicted molar refractivity (Wildman–Crippen MR) is 131 cm³/mol. The average molecular weight is 1790 g/mol. The Bertz CT molecular complexity index is 1280.